The van der Waals surface area contributed by atoms with E-state index >= 15 is 0 Å². The maximum absolute atomic E-state index is 12.7. The van der Waals surface area contributed by atoms with Crippen LogP contribution < -0.4 is 0 Å². The maximum Gasteiger partial charge on any atom is 0.246 e. The van der Waals surface area contributed by atoms with Gasteiger partial charge in [0.25, 0.3) is 0 Å². The Bertz CT molecular complexity index is 932. The summed E-state index contributed by atoms with van der Waals surface area (Å²) in [5, 5.41) is 0. The van der Waals surface area contributed by atoms with Crippen molar-refractivity contribution in [1.82, 2.24) is 4.90 Å². The molecular weight excluding hydrogens is 446 g/mol. The van der Waals surface area contributed by atoms with Crippen molar-refractivity contribution in [3.63, 3.8) is 0 Å². The fourth-order valence-electron chi connectivity index (χ4n) is 3.20. The van der Waals surface area contributed by atoms with Crippen molar-refractivity contribution >= 4 is 49.1 Å². The fourth-order valence-corrected chi connectivity index (χ4v) is 6.11. The summed E-state index contributed by atoms with van der Waals surface area (Å²) in [5.41, 5.74) is 1.14. The van der Waals surface area contributed by atoms with Crippen LogP contribution in [0.1, 0.15) is 24.6 Å². The molecule has 0 bridgehead atoms. The highest BCUT2D eigenvalue weighted by atomic mass is 79.9. The van der Waals surface area contributed by atoms with Gasteiger partial charge in [0.1, 0.15) is 0 Å². The van der Waals surface area contributed by atoms with Gasteiger partial charge in [-0.05, 0) is 48.7 Å². The molecule has 0 radical (unpaired) electrons. The van der Waals surface area contributed by atoms with E-state index in [1.165, 1.54) is 0 Å². The van der Waals surface area contributed by atoms with E-state index in [0.29, 0.717) is 13.0 Å². The number of benzene rings is 1. The zero-order chi connectivity index (χ0) is 19.4. The largest absolute Gasteiger partial charge is 0.335 e. The van der Waals surface area contributed by atoms with Crippen LogP contribution in [0.4, 0.5) is 0 Å². The Labute approximate surface area is 172 Å². The van der Waals surface area contributed by atoms with Gasteiger partial charge in [0.05, 0.1) is 11.5 Å². The molecule has 1 amide bonds. The first-order valence-electron chi connectivity index (χ1n) is 8.93. The molecule has 0 N–H and O–H groups in total. The van der Waals surface area contributed by atoms with Gasteiger partial charge in [0.15, 0.2) is 9.84 Å². The number of sulfone groups is 1. The van der Waals surface area contributed by atoms with Crippen LogP contribution in [0.3, 0.4) is 0 Å². The lowest BCUT2D eigenvalue weighted by Crippen LogP contribution is -2.40. The zero-order valence-corrected chi connectivity index (χ0v) is 18.3. The molecule has 144 valence electrons. The normalized spacial score (nSPS) is 18.8. The highest BCUT2D eigenvalue weighted by Gasteiger charge is 2.33. The summed E-state index contributed by atoms with van der Waals surface area (Å²) in [4.78, 5) is 16.5. The molecule has 2 aromatic rings. The molecule has 1 saturated heterocycles. The summed E-state index contributed by atoms with van der Waals surface area (Å²) < 4.78 is 24.5. The molecule has 7 heteroatoms. The minimum atomic E-state index is -3.01. The Morgan fingerprint density at radius 2 is 2.00 bits per heavy atom. The molecule has 1 fully saturated rings. The van der Waals surface area contributed by atoms with Gasteiger partial charge in [0, 0.05) is 32.9 Å². The van der Waals surface area contributed by atoms with Gasteiger partial charge in [0.2, 0.25) is 5.91 Å². The van der Waals surface area contributed by atoms with Gasteiger partial charge in [-0.1, -0.05) is 35.0 Å². The maximum atomic E-state index is 12.7. The molecule has 1 unspecified atom stereocenters. The Morgan fingerprint density at radius 3 is 2.63 bits per heavy atom. The topological polar surface area (TPSA) is 54.5 Å². The quantitative estimate of drug-likeness (QED) is 0.582. The molecule has 1 aliphatic heterocycles. The molecule has 0 saturated carbocycles. The van der Waals surface area contributed by atoms with Crippen molar-refractivity contribution in [2.75, 3.05) is 18.1 Å². The van der Waals surface area contributed by atoms with Gasteiger partial charge in [-0.2, -0.15) is 0 Å². The van der Waals surface area contributed by atoms with Crippen LogP contribution in [-0.4, -0.2) is 43.3 Å². The summed E-state index contributed by atoms with van der Waals surface area (Å²) >= 11 is 5.06. The SMILES string of the molecule is CCCN(C(=O)/C=C/c1ccc(-c2ccc(Br)cc2)s1)C1CCS(=O)(=O)C1. The number of hydrogen-bond acceptors (Lipinski definition) is 4. The number of amides is 1. The number of carbonyl (C=O) groups excluding carboxylic acids is 1. The number of nitrogens with zero attached hydrogens (tertiary/aromatic N) is 1. The van der Waals surface area contributed by atoms with Crippen LogP contribution in [0.15, 0.2) is 46.9 Å². The Morgan fingerprint density at radius 1 is 1.26 bits per heavy atom. The second-order valence-electron chi connectivity index (χ2n) is 6.63. The van der Waals surface area contributed by atoms with E-state index in [0.717, 1.165) is 26.2 Å². The van der Waals surface area contributed by atoms with Gasteiger partial charge in [-0.3, -0.25) is 4.79 Å². The van der Waals surface area contributed by atoms with E-state index in [9.17, 15) is 13.2 Å². The number of carbonyl (C=O) groups is 1. The van der Waals surface area contributed by atoms with E-state index in [-0.39, 0.29) is 23.5 Å². The second-order valence-corrected chi connectivity index (χ2v) is 10.9. The summed E-state index contributed by atoms with van der Waals surface area (Å²) in [7, 11) is -3.01. The molecule has 27 heavy (non-hydrogen) atoms. The molecular formula is C20H22BrNO3S2. The Balaban J connectivity index is 1.70. The highest BCUT2D eigenvalue weighted by Crippen LogP contribution is 2.30. The monoisotopic (exact) mass is 467 g/mol. The molecule has 4 nitrogen and oxygen atoms in total. The van der Waals surface area contributed by atoms with Gasteiger partial charge in [-0.25, -0.2) is 8.42 Å². The Kier molecular flexibility index (Phi) is 6.55. The van der Waals surface area contributed by atoms with Gasteiger partial charge < -0.3 is 4.90 Å². The summed E-state index contributed by atoms with van der Waals surface area (Å²) in [5.74, 6) is 0.146. The van der Waals surface area contributed by atoms with Crippen LogP contribution in [0, 0.1) is 0 Å². The van der Waals surface area contributed by atoms with E-state index in [1.807, 2.05) is 37.3 Å². The fraction of sp³-hybridized carbons (Fsp3) is 0.350. The molecule has 1 atom stereocenters. The van der Waals surface area contributed by atoms with Crippen molar-refractivity contribution < 1.29 is 13.2 Å². The van der Waals surface area contributed by atoms with Crippen molar-refractivity contribution in [3.05, 3.63) is 51.8 Å². The van der Waals surface area contributed by atoms with E-state index in [1.54, 1.807) is 22.3 Å². The smallest absolute Gasteiger partial charge is 0.246 e. The van der Waals surface area contributed by atoms with Crippen molar-refractivity contribution in [3.8, 4) is 10.4 Å². The number of halogens is 1. The lowest BCUT2D eigenvalue weighted by molar-refractivity contribution is -0.127. The second kappa shape index (κ2) is 8.71. The molecule has 1 aliphatic rings. The summed E-state index contributed by atoms with van der Waals surface area (Å²) in [6.45, 7) is 2.58. The van der Waals surface area contributed by atoms with Crippen LogP contribution in [0.5, 0.6) is 0 Å². The third-order valence-electron chi connectivity index (χ3n) is 4.54. The lowest BCUT2D eigenvalue weighted by atomic mass is 10.2. The lowest BCUT2D eigenvalue weighted by Gasteiger charge is -2.26. The van der Waals surface area contributed by atoms with E-state index < -0.39 is 9.84 Å². The molecule has 1 aromatic carbocycles. The van der Waals surface area contributed by atoms with Crippen LogP contribution in [0.2, 0.25) is 0 Å². The average Bonchev–Trinajstić information content (AvgIpc) is 3.24. The predicted molar refractivity (Wildman–Crippen MR) is 116 cm³/mol. The molecule has 0 aliphatic carbocycles. The predicted octanol–water partition coefficient (Wildman–Crippen LogP) is 4.62. The standard InChI is InChI=1S/C20H22BrNO3S2/c1-2-12-22(17-11-13-27(24,25)14-17)20(23)10-8-18-7-9-19(26-18)15-3-5-16(21)6-4-15/h3-10,17H,2,11-14H2,1H3/b10-8+. The zero-order valence-electron chi connectivity index (χ0n) is 15.1. The minimum Gasteiger partial charge on any atom is -0.335 e. The van der Waals surface area contributed by atoms with Crippen molar-refractivity contribution in [1.29, 1.82) is 0 Å². The molecule has 1 aromatic heterocycles. The van der Waals surface area contributed by atoms with E-state index in [2.05, 4.69) is 28.1 Å². The number of rotatable bonds is 6. The number of thiophene rings is 1. The molecule has 2 heterocycles. The van der Waals surface area contributed by atoms with Crippen LogP contribution in [0.25, 0.3) is 16.5 Å². The molecule has 0 spiro atoms. The third kappa shape index (κ3) is 5.30. The van der Waals surface area contributed by atoms with Crippen LogP contribution in [-0.2, 0) is 14.6 Å². The Hall–Kier alpha value is -1.44. The highest BCUT2D eigenvalue weighted by molar-refractivity contribution is 9.10. The van der Waals surface area contributed by atoms with Gasteiger partial charge in [-0.15, -0.1) is 11.3 Å². The summed E-state index contributed by atoms with van der Waals surface area (Å²) in [6.07, 6.45) is 4.73. The van der Waals surface area contributed by atoms with E-state index in [4.69, 9.17) is 0 Å². The minimum absolute atomic E-state index is 0.0826. The first-order chi connectivity index (χ1) is 12.9. The number of hydrogen-bond donors (Lipinski definition) is 0. The van der Waals surface area contributed by atoms with Crippen LogP contribution >= 0.6 is 27.3 Å². The third-order valence-corrected chi connectivity index (χ3v) is 7.92. The van der Waals surface area contributed by atoms with Crippen molar-refractivity contribution in [2.24, 2.45) is 0 Å². The summed E-state index contributed by atoms with van der Waals surface area (Å²) in [6, 6.07) is 12.0. The molecule has 3 rings (SSSR count). The van der Waals surface area contributed by atoms with Crippen molar-refractivity contribution in [2.45, 2.75) is 25.8 Å². The average molecular weight is 468 g/mol. The first kappa shape index (κ1) is 20.3. The first-order valence-corrected chi connectivity index (χ1v) is 12.4. The van der Waals surface area contributed by atoms with Gasteiger partial charge >= 0.3 is 0 Å².